The predicted octanol–water partition coefficient (Wildman–Crippen LogP) is 3.32. The molecule has 0 saturated heterocycles. The summed E-state index contributed by atoms with van der Waals surface area (Å²) in [5, 5.41) is 6.23. The van der Waals surface area contributed by atoms with Gasteiger partial charge in [-0.2, -0.15) is 0 Å². The van der Waals surface area contributed by atoms with E-state index in [9.17, 15) is 9.59 Å². The van der Waals surface area contributed by atoms with Crippen LogP contribution >= 0.6 is 15.9 Å². The van der Waals surface area contributed by atoms with Crippen LogP contribution in [-0.4, -0.2) is 34.5 Å². The second kappa shape index (κ2) is 7.92. The molecule has 1 unspecified atom stereocenters. The van der Waals surface area contributed by atoms with Gasteiger partial charge in [0.2, 0.25) is 5.91 Å². The van der Waals surface area contributed by atoms with Crippen LogP contribution in [-0.2, 0) is 4.79 Å². The van der Waals surface area contributed by atoms with E-state index in [1.165, 1.54) is 6.26 Å². The number of aromatic nitrogens is 1. The minimum Gasteiger partial charge on any atom is -0.363 e. The summed E-state index contributed by atoms with van der Waals surface area (Å²) in [5.41, 5.74) is 0.530. The summed E-state index contributed by atoms with van der Waals surface area (Å²) >= 11 is 3.38. The summed E-state index contributed by atoms with van der Waals surface area (Å²) < 4.78 is 5.37. The number of amides is 2. The molecule has 6 nitrogen and oxygen atoms in total. The summed E-state index contributed by atoms with van der Waals surface area (Å²) in [6.45, 7) is 3.83. The third-order valence-electron chi connectivity index (χ3n) is 3.51. The molecule has 23 heavy (non-hydrogen) atoms. The fourth-order valence-corrected chi connectivity index (χ4v) is 2.51. The predicted molar refractivity (Wildman–Crippen MR) is 90.1 cm³/mol. The van der Waals surface area contributed by atoms with Gasteiger partial charge in [0, 0.05) is 16.6 Å². The first-order valence-corrected chi connectivity index (χ1v) is 8.08. The fraction of sp³-hybridized carbons (Fsp3) is 0.312. The Balaban J connectivity index is 2.15. The van der Waals surface area contributed by atoms with Gasteiger partial charge in [-0.3, -0.25) is 9.59 Å². The Kier molecular flexibility index (Phi) is 5.92. The lowest BCUT2D eigenvalue weighted by molar-refractivity contribution is -0.117. The highest BCUT2D eigenvalue weighted by Crippen LogP contribution is 2.19. The molecule has 2 amide bonds. The average Bonchev–Trinajstić information content (AvgIpc) is 3.04. The number of halogens is 1. The van der Waals surface area contributed by atoms with Crippen LogP contribution in [0.1, 0.15) is 30.6 Å². The number of hydrogen-bond donors (Lipinski definition) is 1. The van der Waals surface area contributed by atoms with Gasteiger partial charge in [-0.05, 0) is 41.4 Å². The molecule has 1 atom stereocenters. The molecule has 1 aromatic carbocycles. The monoisotopic (exact) mass is 379 g/mol. The van der Waals surface area contributed by atoms with Gasteiger partial charge in [0.25, 0.3) is 5.91 Å². The van der Waals surface area contributed by atoms with E-state index in [0.29, 0.717) is 15.9 Å². The van der Waals surface area contributed by atoms with E-state index in [-0.39, 0.29) is 24.4 Å². The molecular weight excluding hydrogens is 362 g/mol. The van der Waals surface area contributed by atoms with Crippen LogP contribution in [0.25, 0.3) is 0 Å². The van der Waals surface area contributed by atoms with Gasteiger partial charge in [-0.15, -0.1) is 0 Å². The summed E-state index contributed by atoms with van der Waals surface area (Å²) in [7, 11) is 0. The van der Waals surface area contributed by atoms with Crippen molar-refractivity contribution in [3.05, 3.63) is 46.6 Å². The Morgan fingerprint density at radius 3 is 2.70 bits per heavy atom. The zero-order valence-corrected chi connectivity index (χ0v) is 14.5. The fourth-order valence-electron chi connectivity index (χ4n) is 2.05. The van der Waals surface area contributed by atoms with Gasteiger partial charge < -0.3 is 14.7 Å². The quantitative estimate of drug-likeness (QED) is 0.834. The number of nitrogens with one attached hydrogen (secondary N) is 1. The molecule has 0 aliphatic carbocycles. The van der Waals surface area contributed by atoms with Crippen LogP contribution < -0.4 is 5.32 Å². The molecular formula is C16H18BrN3O3. The number of rotatable bonds is 6. The van der Waals surface area contributed by atoms with E-state index >= 15 is 0 Å². The number of carbonyl (C=O) groups is 2. The normalized spacial score (nSPS) is 11.8. The molecule has 0 bridgehead atoms. The van der Waals surface area contributed by atoms with Crippen molar-refractivity contribution in [2.75, 3.05) is 11.9 Å². The molecule has 0 fully saturated rings. The molecule has 0 aliphatic rings. The molecule has 2 aromatic rings. The molecule has 1 aromatic heterocycles. The zero-order chi connectivity index (χ0) is 16.8. The van der Waals surface area contributed by atoms with Gasteiger partial charge in [-0.25, -0.2) is 0 Å². The number of carbonyl (C=O) groups excluding carboxylic acids is 2. The topological polar surface area (TPSA) is 75.4 Å². The first-order chi connectivity index (χ1) is 11.0. The highest BCUT2D eigenvalue weighted by Gasteiger charge is 2.24. The van der Waals surface area contributed by atoms with E-state index in [2.05, 4.69) is 30.9 Å². The molecule has 1 heterocycles. The van der Waals surface area contributed by atoms with Crippen molar-refractivity contribution in [3.8, 4) is 0 Å². The lowest BCUT2D eigenvalue weighted by atomic mass is 10.1. The first kappa shape index (κ1) is 17.2. The van der Waals surface area contributed by atoms with Crippen molar-refractivity contribution >= 4 is 33.6 Å². The van der Waals surface area contributed by atoms with E-state index in [4.69, 9.17) is 0 Å². The van der Waals surface area contributed by atoms with E-state index in [1.807, 2.05) is 19.9 Å². The van der Waals surface area contributed by atoms with E-state index in [0.717, 1.165) is 6.42 Å². The Bertz CT molecular complexity index is 673. The van der Waals surface area contributed by atoms with Crippen molar-refractivity contribution < 1.29 is 14.1 Å². The zero-order valence-electron chi connectivity index (χ0n) is 13.0. The Morgan fingerprint density at radius 1 is 1.35 bits per heavy atom. The largest absolute Gasteiger partial charge is 0.363 e. The third-order valence-corrected chi connectivity index (χ3v) is 4.20. The maximum Gasteiger partial charge on any atom is 0.255 e. The second-order valence-corrected chi connectivity index (χ2v) is 5.96. The summed E-state index contributed by atoms with van der Waals surface area (Å²) in [4.78, 5) is 26.5. The van der Waals surface area contributed by atoms with Crippen molar-refractivity contribution in [1.29, 1.82) is 0 Å². The SMILES string of the molecule is CCC(C)N(CC(=O)Nc1ccon1)C(=O)c1ccccc1Br. The minimum absolute atomic E-state index is 0.0535. The van der Waals surface area contributed by atoms with Crippen LogP contribution in [0.2, 0.25) is 0 Å². The van der Waals surface area contributed by atoms with Gasteiger partial charge >= 0.3 is 0 Å². The summed E-state index contributed by atoms with van der Waals surface area (Å²) in [6, 6.07) is 8.64. The molecule has 122 valence electrons. The van der Waals surface area contributed by atoms with Gasteiger partial charge in [0.05, 0.1) is 5.56 Å². The lowest BCUT2D eigenvalue weighted by Crippen LogP contribution is -2.43. The average molecular weight is 380 g/mol. The first-order valence-electron chi connectivity index (χ1n) is 7.28. The van der Waals surface area contributed by atoms with Gasteiger partial charge in [0.15, 0.2) is 5.82 Å². The van der Waals surface area contributed by atoms with Crippen LogP contribution in [0.15, 0.2) is 45.6 Å². The molecule has 1 N–H and O–H groups in total. The summed E-state index contributed by atoms with van der Waals surface area (Å²) in [6.07, 6.45) is 2.11. The van der Waals surface area contributed by atoms with Gasteiger partial charge in [-0.1, -0.05) is 24.2 Å². The minimum atomic E-state index is -0.320. The second-order valence-electron chi connectivity index (χ2n) is 5.10. The molecule has 2 rings (SSSR count). The maximum absolute atomic E-state index is 12.8. The Hall–Kier alpha value is -2.15. The molecule has 0 radical (unpaired) electrons. The van der Waals surface area contributed by atoms with Crippen LogP contribution in [0, 0.1) is 0 Å². The number of hydrogen-bond acceptors (Lipinski definition) is 4. The van der Waals surface area contributed by atoms with Crippen molar-refractivity contribution in [2.45, 2.75) is 26.3 Å². The van der Waals surface area contributed by atoms with E-state index < -0.39 is 0 Å². The Morgan fingerprint density at radius 2 is 2.09 bits per heavy atom. The smallest absolute Gasteiger partial charge is 0.255 e. The maximum atomic E-state index is 12.8. The third kappa shape index (κ3) is 4.41. The molecule has 0 spiro atoms. The Labute approximate surface area is 143 Å². The highest BCUT2D eigenvalue weighted by atomic mass is 79.9. The van der Waals surface area contributed by atoms with Gasteiger partial charge in [0.1, 0.15) is 12.8 Å². The van der Waals surface area contributed by atoms with Crippen LogP contribution in [0.4, 0.5) is 5.82 Å². The molecule has 0 aliphatic heterocycles. The van der Waals surface area contributed by atoms with Crippen molar-refractivity contribution in [3.63, 3.8) is 0 Å². The number of benzene rings is 1. The van der Waals surface area contributed by atoms with Crippen molar-refractivity contribution in [2.24, 2.45) is 0 Å². The molecule has 0 saturated carbocycles. The number of anilines is 1. The van der Waals surface area contributed by atoms with Crippen molar-refractivity contribution in [1.82, 2.24) is 10.1 Å². The van der Waals surface area contributed by atoms with Crippen LogP contribution in [0.3, 0.4) is 0 Å². The highest BCUT2D eigenvalue weighted by molar-refractivity contribution is 9.10. The van der Waals surface area contributed by atoms with Crippen LogP contribution in [0.5, 0.6) is 0 Å². The standard InChI is InChI=1S/C16H18BrN3O3/c1-3-11(2)20(10-15(21)18-14-8-9-23-19-14)16(22)12-6-4-5-7-13(12)17/h4-9,11H,3,10H2,1-2H3,(H,18,19,21). The van der Waals surface area contributed by atoms with E-state index in [1.54, 1.807) is 29.2 Å². The molecule has 7 heteroatoms. The summed E-state index contributed by atoms with van der Waals surface area (Å²) in [5.74, 6) is -0.186. The lowest BCUT2D eigenvalue weighted by Gasteiger charge is -2.28. The number of nitrogens with zero attached hydrogens (tertiary/aromatic N) is 2.